The number of hydrogen-bond donors (Lipinski definition) is 1. The minimum atomic E-state index is -0.242. The van der Waals surface area contributed by atoms with E-state index in [2.05, 4.69) is 9.72 Å². The second-order valence-electron chi connectivity index (χ2n) is 2.39. The third kappa shape index (κ3) is 1.94. The number of nitrogens with two attached hydrogens (primary N) is 1. The Morgan fingerprint density at radius 1 is 1.75 bits per heavy atom. The van der Waals surface area contributed by atoms with Gasteiger partial charge >= 0.3 is 11.1 Å². The van der Waals surface area contributed by atoms with Gasteiger partial charge in [0.2, 0.25) is 0 Å². The summed E-state index contributed by atoms with van der Waals surface area (Å²) in [5.41, 5.74) is 6.44. The fraction of sp³-hybridized carbons (Fsp3) is 0.429. The van der Waals surface area contributed by atoms with Crippen molar-refractivity contribution in [1.29, 1.82) is 0 Å². The van der Waals surface area contributed by atoms with E-state index in [1.165, 1.54) is 18.4 Å². The number of methoxy groups -OCH3 is 1. The summed E-state index contributed by atoms with van der Waals surface area (Å²) in [7, 11) is 1.37. The van der Waals surface area contributed by atoms with E-state index in [1.807, 2.05) is 6.92 Å². The second kappa shape index (κ2) is 3.53. The van der Waals surface area contributed by atoms with Gasteiger partial charge in [0.05, 0.1) is 18.4 Å². The van der Waals surface area contributed by atoms with E-state index in [0.29, 0.717) is 11.6 Å². The summed E-state index contributed by atoms with van der Waals surface area (Å²) in [5.74, 6) is -0.242. The number of ether oxygens (including phenoxy) is 1. The van der Waals surface area contributed by atoms with Crippen LogP contribution in [0.5, 0.6) is 0 Å². The van der Waals surface area contributed by atoms with E-state index in [9.17, 15) is 4.79 Å². The van der Waals surface area contributed by atoms with E-state index >= 15 is 0 Å². The standard InChI is InChI=1S/C7H10N2O2S/c1-4-5(3-6(10)11-2)12-7(8)9-4/h3H2,1-2H3,(H2,8,9)/p+1. The Balaban J connectivity index is 2.75. The molecule has 0 aliphatic rings. The highest BCUT2D eigenvalue weighted by Crippen LogP contribution is 2.16. The summed E-state index contributed by atoms with van der Waals surface area (Å²) in [5, 5.41) is 0.617. The van der Waals surface area contributed by atoms with Gasteiger partial charge in [-0.15, -0.1) is 0 Å². The Morgan fingerprint density at radius 3 is 2.83 bits per heavy atom. The number of anilines is 1. The van der Waals surface area contributed by atoms with Crippen LogP contribution in [0.2, 0.25) is 0 Å². The molecule has 3 N–H and O–H groups in total. The van der Waals surface area contributed by atoms with Crippen molar-refractivity contribution in [3.05, 3.63) is 10.6 Å². The van der Waals surface area contributed by atoms with Gasteiger partial charge in [-0.3, -0.25) is 10.5 Å². The van der Waals surface area contributed by atoms with Crippen LogP contribution in [0.25, 0.3) is 0 Å². The first-order chi connectivity index (χ1) is 5.63. The summed E-state index contributed by atoms with van der Waals surface area (Å²) in [4.78, 5) is 14.7. The van der Waals surface area contributed by atoms with Crippen LogP contribution in [0.4, 0.5) is 5.13 Å². The van der Waals surface area contributed by atoms with Crippen LogP contribution in [0.1, 0.15) is 10.6 Å². The van der Waals surface area contributed by atoms with Gasteiger partial charge in [-0.2, -0.15) is 0 Å². The first-order valence-corrected chi connectivity index (χ1v) is 4.29. The molecule has 0 bridgehead atoms. The number of aryl methyl sites for hydroxylation is 1. The Labute approximate surface area is 74.4 Å². The number of nitrogens with one attached hydrogen (secondary N) is 1. The molecule has 0 aliphatic heterocycles. The van der Waals surface area contributed by atoms with E-state index in [4.69, 9.17) is 5.73 Å². The van der Waals surface area contributed by atoms with Crippen LogP contribution in [0, 0.1) is 6.92 Å². The molecular weight excluding hydrogens is 176 g/mol. The topological polar surface area (TPSA) is 66.5 Å². The number of aromatic nitrogens is 1. The Kier molecular flexibility index (Phi) is 2.65. The molecule has 0 unspecified atom stereocenters. The monoisotopic (exact) mass is 187 g/mol. The fourth-order valence-electron chi connectivity index (χ4n) is 0.861. The van der Waals surface area contributed by atoms with Crippen LogP contribution in [0.3, 0.4) is 0 Å². The maximum Gasteiger partial charge on any atom is 0.329 e. The zero-order valence-electron chi connectivity index (χ0n) is 7.01. The molecule has 1 rings (SSSR count). The molecule has 0 saturated carbocycles. The van der Waals surface area contributed by atoms with Crippen LogP contribution in [-0.4, -0.2) is 13.1 Å². The van der Waals surface area contributed by atoms with Gasteiger partial charge in [0, 0.05) is 0 Å². The molecule has 12 heavy (non-hydrogen) atoms. The van der Waals surface area contributed by atoms with Crippen molar-refractivity contribution in [3.8, 4) is 0 Å². The zero-order valence-corrected chi connectivity index (χ0v) is 7.83. The van der Waals surface area contributed by atoms with E-state index in [1.54, 1.807) is 0 Å². The van der Waals surface area contributed by atoms with Gasteiger partial charge in [0.25, 0.3) is 0 Å². The average Bonchev–Trinajstić information content (AvgIpc) is 2.30. The largest absolute Gasteiger partial charge is 0.469 e. The number of hydrogen-bond acceptors (Lipinski definition) is 4. The molecule has 5 heteroatoms. The van der Waals surface area contributed by atoms with Gasteiger partial charge in [-0.25, -0.2) is 4.98 Å². The van der Waals surface area contributed by atoms with Crippen LogP contribution < -0.4 is 10.7 Å². The number of aromatic amines is 1. The lowest BCUT2D eigenvalue weighted by Crippen LogP contribution is -2.09. The van der Waals surface area contributed by atoms with Crippen LogP contribution in [-0.2, 0) is 16.0 Å². The summed E-state index contributed by atoms with van der Waals surface area (Å²) in [6.45, 7) is 1.88. The van der Waals surface area contributed by atoms with Gasteiger partial charge in [-0.1, -0.05) is 11.3 Å². The molecular formula is C7H11N2O2S+. The van der Waals surface area contributed by atoms with Crippen molar-refractivity contribution >= 4 is 22.4 Å². The number of rotatable bonds is 2. The van der Waals surface area contributed by atoms with Gasteiger partial charge < -0.3 is 4.74 Å². The van der Waals surface area contributed by atoms with Crippen molar-refractivity contribution in [2.75, 3.05) is 12.8 Å². The maximum atomic E-state index is 10.9. The highest BCUT2D eigenvalue weighted by atomic mass is 32.1. The number of nitrogen functional groups attached to an aromatic ring is 1. The summed E-state index contributed by atoms with van der Waals surface area (Å²) in [6, 6.07) is 0. The number of carbonyl (C=O) groups excluding carboxylic acids is 1. The first-order valence-electron chi connectivity index (χ1n) is 3.47. The number of carbonyl (C=O) groups is 1. The Hall–Kier alpha value is -1.10. The van der Waals surface area contributed by atoms with Gasteiger partial charge in [0.1, 0.15) is 5.69 Å². The average molecular weight is 187 g/mol. The molecule has 0 aromatic carbocycles. The molecule has 66 valence electrons. The van der Waals surface area contributed by atoms with Gasteiger partial charge in [-0.05, 0) is 6.92 Å². The number of thiazole rings is 1. The molecule has 0 spiro atoms. The lowest BCUT2D eigenvalue weighted by molar-refractivity contribution is -0.364. The maximum absolute atomic E-state index is 10.9. The predicted molar refractivity (Wildman–Crippen MR) is 45.7 cm³/mol. The molecule has 0 radical (unpaired) electrons. The highest BCUT2D eigenvalue weighted by molar-refractivity contribution is 7.15. The van der Waals surface area contributed by atoms with E-state index in [-0.39, 0.29) is 5.97 Å². The number of esters is 1. The molecule has 0 aliphatic carbocycles. The fourth-order valence-corrected chi connectivity index (χ4v) is 1.72. The Morgan fingerprint density at radius 2 is 2.42 bits per heavy atom. The molecule has 1 aromatic heterocycles. The zero-order chi connectivity index (χ0) is 9.14. The highest BCUT2D eigenvalue weighted by Gasteiger charge is 2.13. The molecule has 0 amide bonds. The minimum Gasteiger partial charge on any atom is -0.469 e. The normalized spacial score (nSPS) is 9.83. The molecule has 4 nitrogen and oxygen atoms in total. The molecule has 0 fully saturated rings. The third-order valence-electron chi connectivity index (χ3n) is 1.49. The van der Waals surface area contributed by atoms with Gasteiger partial charge in [0.15, 0.2) is 0 Å². The van der Waals surface area contributed by atoms with Crippen LogP contribution >= 0.6 is 11.3 Å². The minimum absolute atomic E-state index is 0.242. The van der Waals surface area contributed by atoms with E-state index < -0.39 is 0 Å². The van der Waals surface area contributed by atoms with Crippen molar-refractivity contribution in [1.82, 2.24) is 0 Å². The van der Waals surface area contributed by atoms with Crippen molar-refractivity contribution in [2.24, 2.45) is 0 Å². The van der Waals surface area contributed by atoms with Crippen molar-refractivity contribution in [3.63, 3.8) is 0 Å². The van der Waals surface area contributed by atoms with Crippen molar-refractivity contribution in [2.45, 2.75) is 13.3 Å². The molecule has 1 heterocycles. The first kappa shape index (κ1) is 8.99. The summed E-state index contributed by atoms with van der Waals surface area (Å²) in [6.07, 6.45) is 0.292. The van der Waals surface area contributed by atoms with Crippen molar-refractivity contribution < 1.29 is 14.5 Å². The lowest BCUT2D eigenvalue weighted by Gasteiger charge is -1.94. The smallest absolute Gasteiger partial charge is 0.329 e. The molecule has 0 atom stereocenters. The quantitative estimate of drug-likeness (QED) is 0.671. The molecule has 0 saturated heterocycles. The SMILES string of the molecule is COC(=O)Cc1sc(N)[nH+]c1C. The summed E-state index contributed by atoms with van der Waals surface area (Å²) >= 11 is 1.38. The summed E-state index contributed by atoms with van der Waals surface area (Å²) < 4.78 is 4.53. The van der Waals surface area contributed by atoms with Crippen LogP contribution in [0.15, 0.2) is 0 Å². The Bertz CT molecular complexity index is 296. The third-order valence-corrected chi connectivity index (χ3v) is 2.51. The van der Waals surface area contributed by atoms with E-state index in [0.717, 1.165) is 10.6 Å². The second-order valence-corrected chi connectivity index (χ2v) is 3.53. The predicted octanol–water partition coefficient (Wildman–Crippen LogP) is 0.168. The molecule has 1 aromatic rings. The number of H-pyrrole nitrogens is 1. The lowest BCUT2D eigenvalue weighted by atomic mass is 10.3.